The number of nitrogens with zero attached hydrogens (tertiary/aromatic N) is 1. The third kappa shape index (κ3) is 5.73. The minimum absolute atomic E-state index is 0.421. The van der Waals surface area contributed by atoms with Crippen LogP contribution in [0.5, 0.6) is 0 Å². The zero-order valence-corrected chi connectivity index (χ0v) is 11.9. The summed E-state index contributed by atoms with van der Waals surface area (Å²) in [5.41, 5.74) is 2.97. The summed E-state index contributed by atoms with van der Waals surface area (Å²) in [7, 11) is 4.14. The Bertz CT molecular complexity index is 322. The monoisotopic (exact) mass is 234 g/mol. The van der Waals surface area contributed by atoms with E-state index in [1.54, 1.807) is 0 Å². The molecule has 1 aromatic rings. The van der Waals surface area contributed by atoms with Gasteiger partial charge in [0.05, 0.1) is 0 Å². The van der Waals surface area contributed by atoms with Crippen molar-refractivity contribution in [1.29, 1.82) is 0 Å². The van der Waals surface area contributed by atoms with Gasteiger partial charge in [-0.25, -0.2) is 0 Å². The van der Waals surface area contributed by atoms with Gasteiger partial charge in [-0.15, -0.1) is 0 Å². The van der Waals surface area contributed by atoms with E-state index in [9.17, 15) is 0 Å². The van der Waals surface area contributed by atoms with Gasteiger partial charge in [0.2, 0.25) is 0 Å². The molecule has 0 aliphatic rings. The molecule has 0 aliphatic carbocycles. The highest BCUT2D eigenvalue weighted by Crippen LogP contribution is 2.19. The third-order valence-electron chi connectivity index (χ3n) is 2.94. The second kappa shape index (κ2) is 6.06. The second-order valence-electron chi connectivity index (χ2n) is 6.00. The molecule has 2 nitrogen and oxygen atoms in total. The van der Waals surface area contributed by atoms with E-state index >= 15 is 0 Å². The van der Waals surface area contributed by atoms with Crippen LogP contribution in [0.25, 0.3) is 0 Å². The molecule has 96 valence electrons. The van der Waals surface area contributed by atoms with E-state index in [2.05, 4.69) is 62.3 Å². The topological polar surface area (TPSA) is 15.3 Å². The van der Waals surface area contributed by atoms with Crippen LogP contribution in [0.2, 0.25) is 0 Å². The highest BCUT2D eigenvalue weighted by atomic mass is 15.1. The summed E-state index contributed by atoms with van der Waals surface area (Å²) in [6.45, 7) is 9.06. The maximum atomic E-state index is 3.14. The van der Waals surface area contributed by atoms with Crippen molar-refractivity contribution in [1.82, 2.24) is 4.90 Å². The molecule has 0 saturated heterocycles. The third-order valence-corrected chi connectivity index (χ3v) is 2.94. The fourth-order valence-corrected chi connectivity index (χ4v) is 1.69. The van der Waals surface area contributed by atoms with Crippen molar-refractivity contribution in [3.8, 4) is 0 Å². The zero-order valence-electron chi connectivity index (χ0n) is 11.9. The average Bonchev–Trinajstić information content (AvgIpc) is 2.27. The molecular weight excluding hydrogens is 208 g/mol. The summed E-state index contributed by atoms with van der Waals surface area (Å²) in [5.74, 6) is 0. The Kier molecular flexibility index (Phi) is 5.01. The minimum atomic E-state index is 0.421. The number of rotatable bonds is 5. The predicted octanol–water partition coefficient (Wildman–Crippen LogP) is 3.60. The number of anilines is 1. The van der Waals surface area contributed by atoms with Gasteiger partial charge in [0.15, 0.2) is 0 Å². The Labute approximate surface area is 106 Å². The van der Waals surface area contributed by atoms with Gasteiger partial charge in [0.25, 0.3) is 0 Å². The van der Waals surface area contributed by atoms with E-state index in [0.29, 0.717) is 5.41 Å². The van der Waals surface area contributed by atoms with Crippen LogP contribution in [0.4, 0.5) is 5.69 Å². The predicted molar refractivity (Wildman–Crippen MR) is 76.4 cm³/mol. The molecule has 0 radical (unpaired) electrons. The summed E-state index contributed by atoms with van der Waals surface area (Å²) in [6, 6.07) is 8.65. The van der Waals surface area contributed by atoms with Crippen molar-refractivity contribution in [2.45, 2.75) is 33.7 Å². The van der Waals surface area contributed by atoms with E-state index < -0.39 is 0 Å². The highest BCUT2D eigenvalue weighted by Gasteiger charge is 2.11. The first-order valence-corrected chi connectivity index (χ1v) is 6.36. The molecular formula is C15H26N2. The molecule has 0 heterocycles. The molecule has 0 aliphatic heterocycles. The van der Waals surface area contributed by atoms with Crippen LogP contribution in [0, 0.1) is 5.41 Å². The number of hydrogen-bond acceptors (Lipinski definition) is 2. The zero-order chi connectivity index (χ0) is 12.9. The van der Waals surface area contributed by atoms with Crippen molar-refractivity contribution in [3.63, 3.8) is 0 Å². The molecule has 0 aromatic heterocycles. The van der Waals surface area contributed by atoms with Crippen LogP contribution in [0.1, 0.15) is 32.8 Å². The van der Waals surface area contributed by atoms with Crippen LogP contribution in [0.15, 0.2) is 24.3 Å². The lowest BCUT2D eigenvalue weighted by molar-refractivity contribution is 0.259. The van der Waals surface area contributed by atoms with Crippen LogP contribution >= 0.6 is 0 Å². The molecule has 1 rings (SSSR count). The fourth-order valence-electron chi connectivity index (χ4n) is 1.69. The Hall–Kier alpha value is -1.02. The maximum absolute atomic E-state index is 3.14. The summed E-state index contributed by atoms with van der Waals surface area (Å²) in [6.07, 6.45) is 1.23. The van der Waals surface area contributed by atoms with Crippen molar-refractivity contribution in [2.75, 3.05) is 26.0 Å². The largest absolute Gasteiger partial charge is 0.388 e. The van der Waals surface area contributed by atoms with Gasteiger partial charge in [-0.3, -0.25) is 0 Å². The lowest BCUT2D eigenvalue weighted by atomic mass is 9.92. The van der Waals surface area contributed by atoms with Gasteiger partial charge in [0.1, 0.15) is 0 Å². The van der Waals surface area contributed by atoms with Gasteiger partial charge in [0, 0.05) is 19.3 Å². The van der Waals surface area contributed by atoms with E-state index in [1.807, 2.05) is 7.05 Å². The fraction of sp³-hybridized carbons (Fsp3) is 0.600. The molecule has 0 unspecified atom stereocenters. The quantitative estimate of drug-likeness (QED) is 0.837. The van der Waals surface area contributed by atoms with Crippen LogP contribution in [-0.4, -0.2) is 25.5 Å². The molecule has 0 amide bonds. The van der Waals surface area contributed by atoms with Crippen molar-refractivity contribution in [2.24, 2.45) is 5.41 Å². The first-order chi connectivity index (χ1) is 7.90. The molecule has 0 fully saturated rings. The second-order valence-corrected chi connectivity index (χ2v) is 6.00. The smallest absolute Gasteiger partial charge is 0.0337 e. The van der Waals surface area contributed by atoms with Crippen molar-refractivity contribution in [3.05, 3.63) is 29.8 Å². The molecule has 1 N–H and O–H groups in total. The van der Waals surface area contributed by atoms with Gasteiger partial charge < -0.3 is 10.2 Å². The van der Waals surface area contributed by atoms with E-state index in [4.69, 9.17) is 0 Å². The molecule has 2 heteroatoms. The molecule has 0 atom stereocenters. The summed E-state index contributed by atoms with van der Waals surface area (Å²) < 4.78 is 0. The summed E-state index contributed by atoms with van der Waals surface area (Å²) >= 11 is 0. The Morgan fingerprint density at radius 3 is 2.18 bits per heavy atom. The lowest BCUT2D eigenvalue weighted by Crippen LogP contribution is -2.23. The van der Waals surface area contributed by atoms with Crippen LogP contribution in [-0.2, 0) is 6.54 Å². The van der Waals surface area contributed by atoms with Gasteiger partial charge >= 0.3 is 0 Å². The Morgan fingerprint density at radius 2 is 1.71 bits per heavy atom. The Balaban J connectivity index is 2.42. The van der Waals surface area contributed by atoms with E-state index in [-0.39, 0.29) is 0 Å². The number of hydrogen-bond donors (Lipinski definition) is 1. The van der Waals surface area contributed by atoms with E-state index in [0.717, 1.165) is 13.1 Å². The maximum Gasteiger partial charge on any atom is 0.0337 e. The van der Waals surface area contributed by atoms with Gasteiger partial charge in [-0.2, -0.15) is 0 Å². The van der Waals surface area contributed by atoms with Crippen molar-refractivity contribution < 1.29 is 0 Å². The summed E-state index contributed by atoms with van der Waals surface area (Å²) in [4.78, 5) is 2.39. The van der Waals surface area contributed by atoms with Crippen LogP contribution < -0.4 is 5.32 Å². The van der Waals surface area contributed by atoms with Crippen LogP contribution in [0.3, 0.4) is 0 Å². The first-order valence-electron chi connectivity index (χ1n) is 6.36. The molecule has 0 bridgehead atoms. The average molecular weight is 234 g/mol. The molecule has 0 spiro atoms. The first kappa shape index (κ1) is 14.0. The SMILES string of the molecule is CNc1ccc(CN(C)CCC(C)(C)C)cc1. The standard InChI is InChI=1S/C15H26N2/c1-15(2,3)10-11-17(5)12-13-6-8-14(16-4)9-7-13/h6-9,16H,10-12H2,1-5H3. The van der Waals surface area contributed by atoms with Crippen molar-refractivity contribution >= 4 is 5.69 Å². The summed E-state index contributed by atoms with van der Waals surface area (Å²) in [5, 5.41) is 3.14. The normalized spacial score (nSPS) is 11.9. The van der Waals surface area contributed by atoms with E-state index in [1.165, 1.54) is 17.7 Å². The Morgan fingerprint density at radius 1 is 1.12 bits per heavy atom. The minimum Gasteiger partial charge on any atom is -0.388 e. The highest BCUT2D eigenvalue weighted by molar-refractivity contribution is 5.43. The molecule has 17 heavy (non-hydrogen) atoms. The van der Waals surface area contributed by atoms with Gasteiger partial charge in [-0.1, -0.05) is 32.9 Å². The molecule has 0 saturated carbocycles. The lowest BCUT2D eigenvalue weighted by Gasteiger charge is -2.23. The molecule has 1 aromatic carbocycles. The number of nitrogens with one attached hydrogen (secondary N) is 1. The number of benzene rings is 1. The van der Waals surface area contributed by atoms with Gasteiger partial charge in [-0.05, 0) is 43.1 Å².